The molecule has 0 spiro atoms. The van der Waals surface area contributed by atoms with Gasteiger partial charge in [0.25, 0.3) is 5.97 Å². The molecule has 1 aromatic rings. The summed E-state index contributed by atoms with van der Waals surface area (Å²) in [6, 6.07) is 5.08. The number of hydrogen-bond donors (Lipinski definition) is 1. The molecule has 1 rings (SSSR count). The van der Waals surface area contributed by atoms with Crippen LogP contribution in [0.3, 0.4) is 0 Å². The van der Waals surface area contributed by atoms with Crippen molar-refractivity contribution in [3.8, 4) is 5.75 Å². The van der Waals surface area contributed by atoms with Gasteiger partial charge in [0.15, 0.2) is 0 Å². The molecule has 0 saturated heterocycles. The predicted molar refractivity (Wildman–Crippen MR) is 62.9 cm³/mol. The minimum absolute atomic E-state index is 0.0529. The van der Waals surface area contributed by atoms with Crippen LogP contribution in [-0.2, 0) is 10.2 Å². The summed E-state index contributed by atoms with van der Waals surface area (Å²) in [7, 11) is 0. The van der Waals surface area contributed by atoms with E-state index in [4.69, 9.17) is 21.5 Å². The summed E-state index contributed by atoms with van der Waals surface area (Å²) in [5.74, 6) is -0.940. The van der Waals surface area contributed by atoms with Crippen LogP contribution in [0.4, 0.5) is 0 Å². The number of aliphatic carboxylic acids is 1. The Morgan fingerprint density at radius 1 is 1.38 bits per heavy atom. The van der Waals surface area contributed by atoms with E-state index >= 15 is 0 Å². The fraction of sp³-hybridized carbons (Fsp3) is 0.417. The topological polar surface area (TPSA) is 60.4 Å². The third kappa shape index (κ3) is 5.61. The highest BCUT2D eigenvalue weighted by molar-refractivity contribution is 6.32. The summed E-state index contributed by atoms with van der Waals surface area (Å²) in [6.07, 6.45) is 0. The smallest absolute Gasteiger partial charge is 0.300 e. The van der Waals surface area contributed by atoms with Gasteiger partial charge in [0, 0.05) is 11.9 Å². The van der Waals surface area contributed by atoms with E-state index < -0.39 is 5.97 Å². The van der Waals surface area contributed by atoms with E-state index in [1.54, 1.807) is 6.07 Å². The lowest BCUT2D eigenvalue weighted by atomic mass is 9.87. The van der Waals surface area contributed by atoms with Gasteiger partial charge in [-0.25, -0.2) is 0 Å². The van der Waals surface area contributed by atoms with Crippen molar-refractivity contribution in [2.24, 2.45) is 0 Å². The number of carboxylic acid groups (broad SMARTS) is 1. The van der Waals surface area contributed by atoms with Crippen LogP contribution in [0.15, 0.2) is 18.2 Å². The fourth-order valence-corrected chi connectivity index (χ4v) is 1.15. The molecular formula is C12H16ClO3-. The highest BCUT2D eigenvalue weighted by Crippen LogP contribution is 2.28. The molecule has 4 heteroatoms. The van der Waals surface area contributed by atoms with Crippen LogP contribution < -0.4 is 5.11 Å². The van der Waals surface area contributed by atoms with Crippen LogP contribution in [0.5, 0.6) is 5.75 Å². The van der Waals surface area contributed by atoms with Gasteiger partial charge in [0.1, 0.15) is 0 Å². The monoisotopic (exact) mass is 243 g/mol. The Morgan fingerprint density at radius 2 is 1.81 bits per heavy atom. The summed E-state index contributed by atoms with van der Waals surface area (Å²) in [5, 5.41) is 18.7. The van der Waals surface area contributed by atoms with Crippen molar-refractivity contribution in [1.29, 1.82) is 0 Å². The zero-order valence-corrected chi connectivity index (χ0v) is 10.6. The molecule has 1 aromatic carbocycles. The van der Waals surface area contributed by atoms with E-state index in [0.717, 1.165) is 12.5 Å². The standard InChI is InChI=1S/C10H13ClO.C2H4O2/c1-10(2,3)7-4-5-9(12)8(11)6-7;1-2(3)4/h4-6,12H,1-3H3;1H3,(H,3,4)/p-1. The molecule has 0 amide bonds. The van der Waals surface area contributed by atoms with Gasteiger partial charge < -0.3 is 10.2 Å². The van der Waals surface area contributed by atoms with Crippen LogP contribution in [0, 0.1) is 0 Å². The Labute approximate surface area is 101 Å². The fourth-order valence-electron chi connectivity index (χ4n) is 0.967. The summed E-state index contributed by atoms with van der Waals surface area (Å²) < 4.78 is 0. The lowest BCUT2D eigenvalue weighted by molar-refractivity contribution is -0.268. The number of carbonyl (C=O) groups is 1. The molecule has 0 unspecified atom stereocenters. The summed E-state index contributed by atoms with van der Waals surface area (Å²) in [5.41, 5.74) is 1.14. The second kappa shape index (κ2) is 5.75. The van der Waals surface area contributed by atoms with Gasteiger partial charge >= 0.3 is 0 Å². The zero-order chi connectivity index (χ0) is 12.9. The molecule has 0 bridgehead atoms. The number of rotatable bonds is 0. The second-order valence-electron chi connectivity index (χ2n) is 4.41. The number of carboxylic acids is 1. The minimum atomic E-state index is -0.833. The zero-order valence-electron chi connectivity index (χ0n) is 9.87. The Hall–Kier alpha value is -1.22. The first kappa shape index (κ1) is 14.8. The molecule has 0 aromatic heterocycles. The van der Waals surface area contributed by atoms with Crippen LogP contribution in [-0.4, -0.2) is 11.1 Å². The maximum absolute atomic E-state index is 11.0. The first-order valence-electron chi connectivity index (χ1n) is 4.81. The molecule has 0 saturated carbocycles. The molecule has 90 valence electrons. The third-order valence-electron chi connectivity index (χ3n) is 1.80. The third-order valence-corrected chi connectivity index (χ3v) is 2.09. The summed E-state index contributed by atoms with van der Waals surface area (Å²) >= 11 is 5.71. The van der Waals surface area contributed by atoms with Crippen molar-refractivity contribution in [1.82, 2.24) is 0 Å². The van der Waals surface area contributed by atoms with Gasteiger partial charge in [-0.3, -0.25) is 4.79 Å². The molecule has 16 heavy (non-hydrogen) atoms. The average molecular weight is 244 g/mol. The first-order chi connectivity index (χ1) is 7.14. The SMILES string of the molecule is CC(=O)O.CC(C)(C)c1ccc([O-])c(Cl)c1. The Bertz CT molecular complexity index is 363. The van der Waals surface area contributed by atoms with Crippen molar-refractivity contribution in [3.63, 3.8) is 0 Å². The number of halogens is 1. The maximum Gasteiger partial charge on any atom is 0.300 e. The Kier molecular flexibility index (Phi) is 5.31. The van der Waals surface area contributed by atoms with Gasteiger partial charge in [-0.2, -0.15) is 0 Å². The Morgan fingerprint density at radius 3 is 2.12 bits per heavy atom. The molecule has 1 N–H and O–H groups in total. The lowest BCUT2D eigenvalue weighted by Crippen LogP contribution is -2.11. The van der Waals surface area contributed by atoms with E-state index in [1.165, 1.54) is 6.07 Å². The lowest BCUT2D eigenvalue weighted by Gasteiger charge is -2.21. The average Bonchev–Trinajstić information content (AvgIpc) is 2.06. The van der Waals surface area contributed by atoms with Crippen LogP contribution >= 0.6 is 11.6 Å². The van der Waals surface area contributed by atoms with E-state index in [-0.39, 0.29) is 11.2 Å². The normalized spacial score (nSPS) is 10.3. The second-order valence-corrected chi connectivity index (χ2v) is 4.82. The van der Waals surface area contributed by atoms with Gasteiger partial charge in [0.2, 0.25) is 0 Å². The van der Waals surface area contributed by atoms with E-state index in [0.29, 0.717) is 5.02 Å². The van der Waals surface area contributed by atoms with Crippen LogP contribution in [0.25, 0.3) is 0 Å². The van der Waals surface area contributed by atoms with Gasteiger partial charge in [0.05, 0.1) is 0 Å². The largest absolute Gasteiger partial charge is 0.871 e. The number of hydrogen-bond acceptors (Lipinski definition) is 2. The summed E-state index contributed by atoms with van der Waals surface area (Å²) in [6.45, 7) is 7.34. The molecule has 0 atom stereocenters. The van der Waals surface area contributed by atoms with Crippen molar-refractivity contribution in [2.45, 2.75) is 33.1 Å². The molecule has 0 aliphatic rings. The van der Waals surface area contributed by atoms with Crippen molar-refractivity contribution >= 4 is 17.6 Å². The highest BCUT2D eigenvalue weighted by atomic mass is 35.5. The highest BCUT2D eigenvalue weighted by Gasteiger charge is 2.13. The maximum atomic E-state index is 11.0. The van der Waals surface area contributed by atoms with Gasteiger partial charge in [-0.05, 0) is 17.0 Å². The van der Waals surface area contributed by atoms with E-state index in [1.807, 2.05) is 6.07 Å². The minimum Gasteiger partial charge on any atom is -0.871 e. The molecule has 0 heterocycles. The molecule has 3 nitrogen and oxygen atoms in total. The van der Waals surface area contributed by atoms with Crippen molar-refractivity contribution in [2.75, 3.05) is 0 Å². The predicted octanol–water partition coefficient (Wildman–Crippen LogP) is 2.80. The van der Waals surface area contributed by atoms with Crippen molar-refractivity contribution in [3.05, 3.63) is 28.8 Å². The van der Waals surface area contributed by atoms with Crippen LogP contribution in [0.2, 0.25) is 5.02 Å². The van der Waals surface area contributed by atoms with E-state index in [9.17, 15) is 5.11 Å². The van der Waals surface area contributed by atoms with Gasteiger partial charge in [-0.1, -0.05) is 50.3 Å². The molecule has 0 aliphatic heterocycles. The van der Waals surface area contributed by atoms with Crippen molar-refractivity contribution < 1.29 is 15.0 Å². The molecule has 0 aliphatic carbocycles. The quantitative estimate of drug-likeness (QED) is 0.762. The van der Waals surface area contributed by atoms with Gasteiger partial charge in [-0.15, -0.1) is 0 Å². The number of benzene rings is 1. The first-order valence-corrected chi connectivity index (χ1v) is 5.19. The molecule has 0 radical (unpaired) electrons. The van der Waals surface area contributed by atoms with Crippen LogP contribution in [0.1, 0.15) is 33.3 Å². The summed E-state index contributed by atoms with van der Waals surface area (Å²) in [4.78, 5) is 9.00. The van der Waals surface area contributed by atoms with E-state index in [2.05, 4.69) is 20.8 Å². The molecular weight excluding hydrogens is 228 g/mol. The molecule has 0 fully saturated rings. The Balaban J connectivity index is 0.000000487.